The number of rotatable bonds is 22. The van der Waals surface area contributed by atoms with Gasteiger partial charge in [0.2, 0.25) is 12.0 Å². The number of esters is 5. The van der Waals surface area contributed by atoms with Crippen molar-refractivity contribution in [1.29, 1.82) is 0 Å². The minimum absolute atomic E-state index is 0.0228. The summed E-state index contributed by atoms with van der Waals surface area (Å²) in [5.41, 5.74) is -4.59. The highest BCUT2D eigenvalue weighted by molar-refractivity contribution is 5.96. The van der Waals surface area contributed by atoms with Gasteiger partial charge in [-0.15, -0.1) is 0 Å². The number of hydrogen-bond acceptors (Lipinski definition) is 17. The Labute approximate surface area is 614 Å². The molecule has 20 heteroatoms. The van der Waals surface area contributed by atoms with E-state index in [1.165, 1.54) is 90.7 Å². The molecule has 0 spiro atoms. The normalized spacial score (nSPS) is 32.9. The van der Waals surface area contributed by atoms with Gasteiger partial charge < -0.3 is 54.6 Å². The number of nitrogens with one attached hydrogen (secondary N) is 3. The molecule has 2 bridgehead atoms. The number of ketones is 1. The van der Waals surface area contributed by atoms with Gasteiger partial charge in [0.25, 0.3) is 5.91 Å². The summed E-state index contributed by atoms with van der Waals surface area (Å²) in [5, 5.41) is 34.5. The summed E-state index contributed by atoms with van der Waals surface area (Å²) in [5.74, 6) is -3.55. The van der Waals surface area contributed by atoms with Crippen molar-refractivity contribution in [1.82, 2.24) is 16.0 Å². The third kappa shape index (κ3) is 15.5. The Kier molecular flexibility index (Phi) is 24.4. The number of hydrogen-bond donors (Lipinski definition) is 5. The number of allylic oxidation sites excluding steroid dienone is 1. The zero-order valence-electron chi connectivity index (χ0n) is 63.4. The molecule has 0 saturated heterocycles. The predicted octanol–water partition coefficient (Wildman–Crippen LogP) is 13.4. The van der Waals surface area contributed by atoms with Crippen molar-refractivity contribution < 1.29 is 81.8 Å². The second-order valence-corrected chi connectivity index (χ2v) is 32.8. The smallest absolute Gasteiger partial charge is 0.407 e. The molecule has 6 saturated carbocycles. The van der Waals surface area contributed by atoms with Crippen LogP contribution in [0.4, 0.5) is 4.79 Å². The lowest BCUT2D eigenvalue weighted by atomic mass is 9.41. The molecule has 0 aromatic heterocycles. The first-order chi connectivity index (χ1) is 49.3. The van der Waals surface area contributed by atoms with Crippen LogP contribution in [0.15, 0.2) is 114 Å². The van der Waals surface area contributed by atoms with Crippen molar-refractivity contribution in [2.24, 2.45) is 69.0 Å². The standard InChI is InChI=1S/C54H62N2O15.C30H51NO2/c1-8-55-39(60)24-25-40(61)69-44(42(33-18-12-9-13-19-33)56-48(63)34-20-14-10-15-21-34)50(65)68-37-29-54(66)47(70-49(64)35-22-16-11-17-23-35)45-52(7,38(59)28-36-26-27-53(36,45)71-32(4)58)46(62)43(67-31(3)57)41(30(37)2)51(54,5)6;1-7-31-28(32)33-23-15-17-29(5)22(19-23)11-12-24-26-14-13-25(21(4)10-8-9-20(2)3)30(26,6)18-16-27(24)29/h9-23,36-38,42-45,47,59,66H,8,24-29H2,1-7H3,(H,55,60)(H,56,63);11,20-21,23-27H,7-10,12-19H2,1-6H3,(H,31,32)/t36-,37+,38+,42+,43-,44-,45+,47+,52-,53+,54-;21-,23?,24+,25-,26+,27+,29+,30-/m11/s1. The number of aliphatic hydroxyl groups excluding tert-OH is 1. The van der Waals surface area contributed by atoms with E-state index in [1.807, 2.05) is 6.92 Å². The predicted molar refractivity (Wildman–Crippen MR) is 389 cm³/mol. The number of fused-ring (bicyclic) bond motifs is 10. The summed E-state index contributed by atoms with van der Waals surface area (Å²) in [6, 6.07) is 22.7. The molecule has 3 amide bonds. The Balaban J connectivity index is 0.000000292. The number of alkyl carbamates (subject to hydrolysis) is 1. The van der Waals surface area contributed by atoms with E-state index in [0.29, 0.717) is 35.9 Å². The van der Waals surface area contributed by atoms with Gasteiger partial charge in [0.1, 0.15) is 35.6 Å². The van der Waals surface area contributed by atoms with Crippen LogP contribution in [0.1, 0.15) is 231 Å². The maximum atomic E-state index is 15.8. The van der Waals surface area contributed by atoms with Gasteiger partial charge in [0.15, 0.2) is 11.9 Å². The number of ether oxygens (including phenoxy) is 6. The van der Waals surface area contributed by atoms with Crippen LogP contribution in [0.2, 0.25) is 0 Å². The van der Waals surface area contributed by atoms with Gasteiger partial charge in [0.05, 0.1) is 29.4 Å². The van der Waals surface area contributed by atoms with Crippen LogP contribution in [0.3, 0.4) is 0 Å². The van der Waals surface area contributed by atoms with Gasteiger partial charge in [-0.1, -0.05) is 146 Å². The fourth-order valence-electron chi connectivity index (χ4n) is 20.6. The average molecular weight is 1440 g/mol. The Morgan fingerprint density at radius 1 is 0.702 bits per heavy atom. The van der Waals surface area contributed by atoms with Gasteiger partial charge in [-0.3, -0.25) is 28.8 Å². The molecule has 0 heterocycles. The number of carbonyl (C=O) groups excluding carboxylic acids is 9. The third-order valence-corrected chi connectivity index (χ3v) is 26.1. The van der Waals surface area contributed by atoms with Crippen LogP contribution in [0.5, 0.6) is 0 Å². The lowest BCUT2D eigenvalue weighted by Crippen LogP contribution is -2.78. The first-order valence-electron chi connectivity index (χ1n) is 38.3. The van der Waals surface area contributed by atoms with E-state index in [9.17, 15) is 43.8 Å². The highest BCUT2D eigenvalue weighted by atomic mass is 16.6. The highest BCUT2D eigenvalue weighted by Crippen LogP contribution is 2.70. The second kappa shape index (κ2) is 32.2. The Morgan fingerprint density at radius 3 is 1.97 bits per heavy atom. The van der Waals surface area contributed by atoms with Crippen molar-refractivity contribution >= 4 is 53.5 Å². The molecule has 566 valence electrons. The summed E-state index contributed by atoms with van der Waals surface area (Å²) in [4.78, 5) is 124. The maximum absolute atomic E-state index is 15.8. The van der Waals surface area contributed by atoms with Crippen molar-refractivity contribution in [3.63, 3.8) is 0 Å². The monoisotopic (exact) mass is 1440 g/mol. The molecule has 1 unspecified atom stereocenters. The van der Waals surface area contributed by atoms with Gasteiger partial charge in [-0.25, -0.2) is 14.4 Å². The van der Waals surface area contributed by atoms with Crippen LogP contribution < -0.4 is 16.0 Å². The maximum Gasteiger partial charge on any atom is 0.407 e. The lowest BCUT2D eigenvalue weighted by molar-refractivity contribution is -0.296. The van der Waals surface area contributed by atoms with Crippen molar-refractivity contribution in [2.75, 3.05) is 13.1 Å². The minimum Gasteiger partial charge on any atom is -0.458 e. The van der Waals surface area contributed by atoms with E-state index in [4.69, 9.17) is 28.4 Å². The van der Waals surface area contributed by atoms with Gasteiger partial charge in [0, 0.05) is 63.1 Å². The van der Waals surface area contributed by atoms with Crippen LogP contribution in [-0.4, -0.2) is 125 Å². The minimum atomic E-state index is -2.42. The van der Waals surface area contributed by atoms with E-state index in [0.717, 1.165) is 55.3 Å². The fraction of sp³-hybridized carbons (Fsp3) is 0.631. The van der Waals surface area contributed by atoms with Gasteiger partial charge >= 0.3 is 35.9 Å². The van der Waals surface area contributed by atoms with E-state index >= 15 is 9.59 Å². The van der Waals surface area contributed by atoms with Crippen LogP contribution in [-0.2, 0) is 57.2 Å². The molecule has 8 aliphatic rings. The Bertz CT molecular complexity index is 3710. The molecule has 5 N–H and O–H groups in total. The number of Topliss-reactive ketones (excluding diaryl/α,β-unsaturated/α-hetero) is 1. The first-order valence-corrected chi connectivity index (χ1v) is 38.3. The number of aliphatic hydroxyl groups is 2. The average Bonchev–Trinajstić information content (AvgIpc) is 0.693. The summed E-state index contributed by atoms with van der Waals surface area (Å²) >= 11 is 0. The molecule has 3 aromatic carbocycles. The Morgan fingerprint density at radius 2 is 1.36 bits per heavy atom. The molecule has 6 fully saturated rings. The molecule has 0 radical (unpaired) electrons. The number of amides is 3. The largest absolute Gasteiger partial charge is 0.458 e. The zero-order valence-corrected chi connectivity index (χ0v) is 63.4. The van der Waals surface area contributed by atoms with Crippen LogP contribution >= 0.6 is 0 Å². The van der Waals surface area contributed by atoms with Crippen molar-refractivity contribution in [2.45, 2.75) is 253 Å². The molecule has 11 rings (SSSR count). The Hall–Kier alpha value is -7.71. The molecule has 104 heavy (non-hydrogen) atoms. The molecule has 0 aliphatic heterocycles. The molecular weight excluding hydrogens is 1320 g/mol. The molecule has 3 aromatic rings. The lowest BCUT2D eigenvalue weighted by Gasteiger charge is -2.68. The molecule has 19 atom stereocenters. The van der Waals surface area contributed by atoms with E-state index < -0.39 is 131 Å². The van der Waals surface area contributed by atoms with Crippen LogP contribution in [0, 0.1) is 69.0 Å². The summed E-state index contributed by atoms with van der Waals surface area (Å²) in [6.45, 7) is 25.5. The number of carbonyl (C=O) groups is 9. The van der Waals surface area contributed by atoms with E-state index in [-0.39, 0.29) is 53.7 Å². The summed E-state index contributed by atoms with van der Waals surface area (Å²) in [7, 11) is 0. The van der Waals surface area contributed by atoms with E-state index in [1.54, 1.807) is 105 Å². The number of benzene rings is 3. The molecule has 8 aliphatic carbocycles. The topological polar surface area (TPSA) is 286 Å². The highest BCUT2D eigenvalue weighted by Gasteiger charge is 2.77. The van der Waals surface area contributed by atoms with Gasteiger partial charge in [-0.05, 0) is 179 Å². The summed E-state index contributed by atoms with van der Waals surface area (Å²) < 4.78 is 36.7. The second-order valence-electron chi connectivity index (χ2n) is 32.8. The molecular formula is C84H113N3O17. The third-order valence-electron chi connectivity index (χ3n) is 26.1. The summed E-state index contributed by atoms with van der Waals surface area (Å²) in [6.07, 6.45) is 7.34. The van der Waals surface area contributed by atoms with E-state index in [2.05, 4.69) is 56.6 Å². The SMILES string of the molecule is CCNC(=O)CCC(=O)O[C@@H](C(=O)O[C@H]1C[C@@]2(O)[C@@H](OC(=O)c3ccccc3)[C@@H]3[C@]4(OC(C)=O)CC[C@@H]4C[C@H](O)[C@@]3(C)C(=O)[C@H](OC(C)=O)C(=C1C)C2(C)C)[C@@H](NC(=O)c1ccccc1)c1ccccc1.CCNC(=O)OC1CC[C@@]2(C)C(=CC[C@H]3[C@@H]4CC[C@H]([C@H](C)CCCC(C)C)[C@@]4(C)CC[C@@H]32)C1. The van der Waals surface area contributed by atoms with Crippen LogP contribution in [0.25, 0.3) is 0 Å². The van der Waals surface area contributed by atoms with Crippen molar-refractivity contribution in [3.8, 4) is 0 Å². The molecule has 20 nitrogen and oxygen atoms in total. The zero-order chi connectivity index (χ0) is 75.4. The fourth-order valence-corrected chi connectivity index (χ4v) is 20.6. The van der Waals surface area contributed by atoms with Crippen molar-refractivity contribution in [3.05, 3.63) is 130 Å². The quantitative estimate of drug-likeness (QED) is 0.0355. The van der Waals surface area contributed by atoms with Gasteiger partial charge in [-0.2, -0.15) is 0 Å². The first kappa shape index (κ1) is 78.9.